The van der Waals surface area contributed by atoms with Crippen LogP contribution in [0.4, 0.5) is 0 Å². The number of rotatable bonds is 8. The summed E-state index contributed by atoms with van der Waals surface area (Å²) in [4.78, 5) is 10.5. The van der Waals surface area contributed by atoms with Crippen LogP contribution in [0.3, 0.4) is 0 Å². The maximum absolute atomic E-state index is 12.5. The van der Waals surface area contributed by atoms with Crippen LogP contribution in [0.25, 0.3) is 83.9 Å². The van der Waals surface area contributed by atoms with Crippen LogP contribution in [0.2, 0.25) is 0 Å². The summed E-state index contributed by atoms with van der Waals surface area (Å²) in [6.45, 7) is 16.9. The first-order valence-electron chi connectivity index (χ1n) is 22.3. The number of fused-ring (bicyclic) bond motifs is 1. The second-order valence-electron chi connectivity index (χ2n) is 18.8. The van der Waals surface area contributed by atoms with Crippen molar-refractivity contribution in [1.82, 2.24) is 14.5 Å². The van der Waals surface area contributed by atoms with Crippen molar-refractivity contribution < 1.29 is 27.5 Å². The molecule has 7 aromatic carbocycles. The van der Waals surface area contributed by atoms with Gasteiger partial charge in [0.1, 0.15) is 11.6 Å². The summed E-state index contributed by atoms with van der Waals surface area (Å²) in [6, 6.07) is 60.5. The van der Waals surface area contributed by atoms with Crippen molar-refractivity contribution in [2.45, 2.75) is 72.1 Å². The van der Waals surface area contributed by atoms with E-state index in [0.29, 0.717) is 11.4 Å². The molecule has 1 N–H and O–H groups in total. The Morgan fingerprint density at radius 2 is 1.20 bits per heavy atom. The summed E-state index contributed by atoms with van der Waals surface area (Å²) >= 11 is 0. The van der Waals surface area contributed by atoms with Crippen LogP contribution in [0.15, 0.2) is 170 Å². The number of pyridine rings is 1. The molecule has 0 spiro atoms. The molecule has 2 heterocycles. The molecule has 9 rings (SSSR count). The number of aromatic hydroxyl groups is 1. The van der Waals surface area contributed by atoms with E-state index in [4.69, 9.17) is 11.3 Å². The summed E-state index contributed by atoms with van der Waals surface area (Å²) in [5.74, 6) is 0.0133. The summed E-state index contributed by atoms with van der Waals surface area (Å²) in [6.07, 6.45) is 1.87. The van der Waals surface area contributed by atoms with Crippen LogP contribution in [0.1, 0.15) is 79.3 Å². The summed E-state index contributed by atoms with van der Waals surface area (Å²) < 4.78 is 11.3. The normalized spacial score (nSPS) is 12.2. The van der Waals surface area contributed by atoms with Crippen molar-refractivity contribution >= 4 is 11.0 Å². The molecule has 0 aliphatic rings. The van der Waals surface area contributed by atoms with Gasteiger partial charge in [-0.2, -0.15) is 0 Å². The summed E-state index contributed by atoms with van der Waals surface area (Å²) in [5.41, 5.74) is 15.3. The Bertz CT molecular complexity index is 3160. The van der Waals surface area contributed by atoms with Crippen LogP contribution in [-0.2, 0) is 31.9 Å². The fourth-order valence-corrected chi connectivity index (χ4v) is 8.48. The van der Waals surface area contributed by atoms with E-state index < -0.39 is 5.89 Å². The molecule has 5 heteroatoms. The van der Waals surface area contributed by atoms with E-state index in [1.165, 1.54) is 0 Å². The Morgan fingerprint density at radius 1 is 0.578 bits per heavy atom. The second-order valence-corrected chi connectivity index (χ2v) is 18.8. The molecule has 0 fully saturated rings. The molecule has 2 aromatic heterocycles. The van der Waals surface area contributed by atoms with Crippen LogP contribution >= 0.6 is 0 Å². The molecule has 0 unspecified atom stereocenters. The number of nitrogens with zero attached hydrogens (tertiary/aromatic N) is 3. The van der Waals surface area contributed by atoms with Gasteiger partial charge < -0.3 is 5.11 Å². The number of aromatic nitrogens is 3. The quantitative estimate of drug-likeness (QED) is 0.154. The Hall–Kier alpha value is -6.35. The molecule has 9 aromatic rings. The van der Waals surface area contributed by atoms with Gasteiger partial charge in [0, 0.05) is 45.5 Å². The fourth-order valence-electron chi connectivity index (χ4n) is 8.48. The maximum Gasteiger partial charge on any atom is 0.148 e. The van der Waals surface area contributed by atoms with Gasteiger partial charge in [-0.3, -0.25) is 9.55 Å². The van der Waals surface area contributed by atoms with Crippen LogP contribution in [0.5, 0.6) is 5.75 Å². The van der Waals surface area contributed by atoms with Gasteiger partial charge in [0.2, 0.25) is 0 Å². The molecule has 0 radical (unpaired) electrons. The molecule has 322 valence electrons. The van der Waals surface area contributed by atoms with E-state index >= 15 is 0 Å². The number of hydrogen-bond donors (Lipinski definition) is 1. The largest absolute Gasteiger partial charge is 0.507 e. The first-order chi connectivity index (χ1) is 30.5. The number of phenolic OH excluding ortho intramolecular Hbond substituents is 1. The first kappa shape index (κ1) is 42.9. The van der Waals surface area contributed by atoms with Gasteiger partial charge in [-0.1, -0.05) is 193 Å². The number of hydrogen-bond acceptors (Lipinski definition) is 3. The molecular formula is C59H54N3OPt-. The van der Waals surface area contributed by atoms with E-state index in [-0.39, 0.29) is 37.6 Å². The average molecular weight is 1020 g/mol. The van der Waals surface area contributed by atoms with Gasteiger partial charge in [0.15, 0.2) is 0 Å². The summed E-state index contributed by atoms with van der Waals surface area (Å²) in [7, 11) is 0. The zero-order valence-electron chi connectivity index (χ0n) is 38.8. The van der Waals surface area contributed by atoms with E-state index in [1.807, 2.05) is 44.3 Å². The van der Waals surface area contributed by atoms with Crippen LogP contribution in [-0.4, -0.2) is 19.6 Å². The van der Waals surface area contributed by atoms with Crippen LogP contribution in [0, 0.1) is 6.07 Å². The number of imidazole rings is 1. The first-order valence-corrected chi connectivity index (χ1v) is 21.8. The fraction of sp³-hybridized carbons (Fsp3) is 0.186. The third-order valence-corrected chi connectivity index (χ3v) is 12.0. The Balaban J connectivity index is 0.00000576. The number of phenols is 1. The molecule has 0 bridgehead atoms. The number of para-hydroxylation sites is 1. The van der Waals surface area contributed by atoms with Crippen molar-refractivity contribution in [3.05, 3.63) is 193 Å². The Labute approximate surface area is 394 Å². The standard InChI is InChI=1S/C59H54N3O.Pt/c1-38(2)42-27-28-53(49(34-42)41-23-16-11-17-24-41)62-54-26-18-25-48(55(54)61-57(62)50-36-47(58(3,4)5)37-51(56(50)63)59(6,7)8)45-31-44(40-21-14-10-15-22-40)32-46(33-45)52-35-43(29-30-60-52)39-19-12-9-13-20-39;/h9-32,34-38,63H,1-8H3;/q-1;/i38D;. The molecule has 0 aliphatic heterocycles. The zero-order chi connectivity index (χ0) is 45.0. The molecule has 64 heavy (non-hydrogen) atoms. The molecule has 0 amide bonds. The minimum Gasteiger partial charge on any atom is -0.507 e. The van der Waals surface area contributed by atoms with Crippen LogP contribution < -0.4 is 0 Å². The third-order valence-electron chi connectivity index (χ3n) is 12.0. The van der Waals surface area contributed by atoms with E-state index in [0.717, 1.165) is 89.2 Å². The third kappa shape index (κ3) is 8.65. The van der Waals surface area contributed by atoms with E-state index in [9.17, 15) is 5.11 Å². The molecule has 0 saturated carbocycles. The monoisotopic (exact) mass is 1020 g/mol. The number of benzene rings is 7. The Morgan fingerprint density at radius 3 is 1.83 bits per heavy atom. The van der Waals surface area contributed by atoms with E-state index in [1.54, 1.807) is 0 Å². The zero-order valence-corrected chi connectivity index (χ0v) is 40.0. The van der Waals surface area contributed by atoms with Crippen molar-refractivity contribution in [3.63, 3.8) is 0 Å². The van der Waals surface area contributed by atoms with Gasteiger partial charge in [0.05, 0.1) is 22.3 Å². The minimum atomic E-state index is -0.831. The van der Waals surface area contributed by atoms with Crippen molar-refractivity contribution in [2.75, 3.05) is 0 Å². The molecule has 0 saturated heterocycles. The molecular weight excluding hydrogens is 962 g/mol. The SMILES string of the molecule is [2H]C(C)(C)c1ccc(-n2c(-c3cc(C(C)(C)C)cc(C(C)(C)C)c3O)nc3c(-c4[c-]c(-c5cc(-c6ccccc6)ccn5)cc(-c5ccccc5)c4)cccc32)c(-c2ccccc2)c1.[Pt]. The average Bonchev–Trinajstić information content (AvgIpc) is 3.68. The molecule has 0 atom stereocenters. The predicted octanol–water partition coefficient (Wildman–Crippen LogP) is 15.6. The van der Waals surface area contributed by atoms with Gasteiger partial charge in [-0.15, -0.1) is 23.8 Å². The summed E-state index contributed by atoms with van der Waals surface area (Å²) in [5, 5.41) is 12.5. The molecule has 0 aliphatic carbocycles. The molecule has 4 nitrogen and oxygen atoms in total. The van der Waals surface area contributed by atoms with Gasteiger partial charge in [-0.25, -0.2) is 4.98 Å². The van der Waals surface area contributed by atoms with Gasteiger partial charge in [0.25, 0.3) is 0 Å². The van der Waals surface area contributed by atoms with Gasteiger partial charge >= 0.3 is 0 Å². The van der Waals surface area contributed by atoms with Crippen molar-refractivity contribution in [3.8, 4) is 78.6 Å². The smallest absolute Gasteiger partial charge is 0.148 e. The van der Waals surface area contributed by atoms with Gasteiger partial charge in [-0.05, 0) is 80.4 Å². The van der Waals surface area contributed by atoms with E-state index in [2.05, 4.69) is 192 Å². The minimum absolute atomic E-state index is 0. The maximum atomic E-state index is 12.5. The topological polar surface area (TPSA) is 50.9 Å². The van der Waals surface area contributed by atoms with Crippen molar-refractivity contribution in [2.24, 2.45) is 0 Å². The Kier molecular flexibility index (Phi) is 11.8. The predicted molar refractivity (Wildman–Crippen MR) is 263 cm³/mol. The second kappa shape index (κ2) is 17.7. The van der Waals surface area contributed by atoms with Crippen molar-refractivity contribution in [1.29, 1.82) is 0 Å².